The topological polar surface area (TPSA) is 56.7 Å². The maximum Gasteiger partial charge on any atom is 0.167 e. The van der Waals surface area contributed by atoms with Gasteiger partial charge in [-0.25, -0.2) is 15.0 Å². The normalized spacial score (nSPS) is 11.9. The molecule has 11 rings (SSSR count). The fourth-order valence-electron chi connectivity index (χ4n) is 7.58. The Labute approximate surface area is 295 Å². The molecule has 0 saturated carbocycles. The summed E-state index contributed by atoms with van der Waals surface area (Å²) in [4.78, 5) is 15.1. The van der Waals surface area contributed by atoms with Crippen LogP contribution in [0.5, 0.6) is 0 Å². The molecule has 0 radical (unpaired) electrons. The Morgan fingerprint density at radius 1 is 0.471 bits per heavy atom. The van der Waals surface area contributed by atoms with Crippen molar-refractivity contribution in [2.45, 2.75) is 0 Å². The average molecular weight is 671 g/mol. The van der Waals surface area contributed by atoms with Crippen LogP contribution < -0.4 is 0 Å². The van der Waals surface area contributed by atoms with Crippen molar-refractivity contribution >= 4 is 75.3 Å². The van der Waals surface area contributed by atoms with E-state index in [1.54, 1.807) is 0 Å². The van der Waals surface area contributed by atoms with Crippen LogP contribution in [0.2, 0.25) is 0 Å². The molecule has 0 unspecified atom stereocenters. The van der Waals surface area contributed by atoms with Gasteiger partial charge in [-0.15, -0.1) is 11.3 Å². The Morgan fingerprint density at radius 2 is 1.08 bits per heavy atom. The Hall–Kier alpha value is -6.63. The number of para-hydroxylation sites is 2. The third kappa shape index (κ3) is 4.24. The number of rotatable bonds is 4. The van der Waals surface area contributed by atoms with Crippen molar-refractivity contribution in [2.75, 3.05) is 0 Å². The summed E-state index contributed by atoms with van der Waals surface area (Å²) in [7, 11) is 0. The first-order chi connectivity index (χ1) is 25.3. The van der Waals surface area contributed by atoms with Crippen LogP contribution in [0.15, 0.2) is 162 Å². The number of furan rings is 1. The summed E-state index contributed by atoms with van der Waals surface area (Å²) >= 11 is 1.85. The van der Waals surface area contributed by atoms with Gasteiger partial charge in [0.25, 0.3) is 0 Å². The van der Waals surface area contributed by atoms with Gasteiger partial charge in [0.2, 0.25) is 0 Å². The second kappa shape index (κ2) is 10.9. The Kier molecular flexibility index (Phi) is 6.05. The molecule has 238 valence electrons. The molecule has 0 aliphatic heterocycles. The van der Waals surface area contributed by atoms with Crippen LogP contribution in [0.25, 0.3) is 104 Å². The lowest BCUT2D eigenvalue weighted by atomic mass is 10.1. The van der Waals surface area contributed by atoms with Crippen LogP contribution in [-0.4, -0.2) is 19.5 Å². The second-order valence-corrected chi connectivity index (χ2v) is 13.8. The van der Waals surface area contributed by atoms with E-state index >= 15 is 0 Å². The number of benzene rings is 7. The lowest BCUT2D eigenvalue weighted by Crippen LogP contribution is -2.01. The fourth-order valence-corrected chi connectivity index (χ4v) is 8.82. The Bertz CT molecular complexity index is 3080. The number of fused-ring (bicyclic) bond motifs is 10. The van der Waals surface area contributed by atoms with Crippen molar-refractivity contribution in [1.82, 2.24) is 19.5 Å². The molecule has 0 aliphatic rings. The van der Waals surface area contributed by atoms with Crippen molar-refractivity contribution in [3.05, 3.63) is 158 Å². The van der Waals surface area contributed by atoms with Gasteiger partial charge < -0.3 is 8.98 Å². The molecular weight excluding hydrogens is 645 g/mol. The van der Waals surface area contributed by atoms with E-state index in [0.29, 0.717) is 17.5 Å². The van der Waals surface area contributed by atoms with Crippen molar-refractivity contribution in [2.24, 2.45) is 0 Å². The van der Waals surface area contributed by atoms with Gasteiger partial charge in [0.1, 0.15) is 11.2 Å². The van der Waals surface area contributed by atoms with E-state index in [-0.39, 0.29) is 0 Å². The minimum Gasteiger partial charge on any atom is -0.455 e. The first-order valence-electron chi connectivity index (χ1n) is 17.0. The number of thiophene rings is 1. The SMILES string of the molecule is c1ccc(-c2nc(-c3ccccc3)nc(-c3ccc(-n4c5ccccc5c5ccc6c7ccccc7sc6c54)c4c3oc3ccccc34)n2)cc1. The van der Waals surface area contributed by atoms with Gasteiger partial charge in [-0.1, -0.05) is 127 Å². The molecule has 51 heavy (non-hydrogen) atoms. The summed E-state index contributed by atoms with van der Waals surface area (Å²) < 4.78 is 11.8. The highest BCUT2D eigenvalue weighted by molar-refractivity contribution is 7.26. The molecule has 0 atom stereocenters. The van der Waals surface area contributed by atoms with Gasteiger partial charge in [0.15, 0.2) is 17.5 Å². The van der Waals surface area contributed by atoms with Gasteiger partial charge in [-0.05, 0) is 30.3 Å². The lowest BCUT2D eigenvalue weighted by molar-refractivity contribution is 0.669. The van der Waals surface area contributed by atoms with Crippen LogP contribution in [0, 0.1) is 0 Å². The molecular formula is C45H26N4OS. The highest BCUT2D eigenvalue weighted by Gasteiger charge is 2.24. The van der Waals surface area contributed by atoms with E-state index in [1.165, 1.54) is 36.5 Å². The number of aromatic nitrogens is 4. The third-order valence-electron chi connectivity index (χ3n) is 9.86. The second-order valence-electron chi connectivity index (χ2n) is 12.8. The molecule has 4 heterocycles. The summed E-state index contributed by atoms with van der Waals surface area (Å²) in [5.41, 5.74) is 7.62. The molecule has 0 spiro atoms. The zero-order chi connectivity index (χ0) is 33.5. The monoisotopic (exact) mass is 670 g/mol. The highest BCUT2D eigenvalue weighted by atomic mass is 32.1. The van der Waals surface area contributed by atoms with Crippen LogP contribution in [0.4, 0.5) is 0 Å². The standard InChI is InChI=1S/C45H26N4OS/c1-3-13-27(14-4-1)43-46-44(28-15-5-2-6-16-28)48-45(47-43)34-25-26-36(39-33-19-8-11-21-37(33)50-41(34)39)49-35-20-10-7-17-29(35)31-23-24-32-30-18-9-12-22-38(30)51-42(32)40(31)49/h1-26H. The molecule has 5 nitrogen and oxygen atoms in total. The molecule has 6 heteroatoms. The van der Waals surface area contributed by atoms with E-state index in [2.05, 4.69) is 89.5 Å². The molecule has 0 saturated heterocycles. The zero-order valence-electron chi connectivity index (χ0n) is 27.1. The first-order valence-corrected chi connectivity index (χ1v) is 17.8. The molecule has 0 N–H and O–H groups in total. The predicted molar refractivity (Wildman–Crippen MR) is 211 cm³/mol. The quantitative estimate of drug-likeness (QED) is 0.187. The van der Waals surface area contributed by atoms with Crippen LogP contribution in [0.3, 0.4) is 0 Å². The van der Waals surface area contributed by atoms with E-state index in [4.69, 9.17) is 19.4 Å². The summed E-state index contributed by atoms with van der Waals surface area (Å²) in [5, 5.41) is 7.06. The Morgan fingerprint density at radius 3 is 1.84 bits per heavy atom. The van der Waals surface area contributed by atoms with E-state index in [9.17, 15) is 0 Å². The number of hydrogen-bond acceptors (Lipinski definition) is 5. The summed E-state index contributed by atoms with van der Waals surface area (Å²) in [6.45, 7) is 0. The summed E-state index contributed by atoms with van der Waals surface area (Å²) in [6, 6.07) is 54.8. The minimum atomic E-state index is 0.562. The van der Waals surface area contributed by atoms with E-state index < -0.39 is 0 Å². The van der Waals surface area contributed by atoms with Gasteiger partial charge in [-0.2, -0.15) is 0 Å². The molecule has 0 bridgehead atoms. The van der Waals surface area contributed by atoms with Crippen molar-refractivity contribution in [3.63, 3.8) is 0 Å². The zero-order valence-corrected chi connectivity index (χ0v) is 27.9. The number of hydrogen-bond donors (Lipinski definition) is 0. The fraction of sp³-hybridized carbons (Fsp3) is 0. The molecule has 11 aromatic rings. The molecule has 4 aromatic heterocycles. The minimum absolute atomic E-state index is 0.562. The summed E-state index contributed by atoms with van der Waals surface area (Å²) in [6.07, 6.45) is 0. The van der Waals surface area contributed by atoms with Crippen LogP contribution >= 0.6 is 11.3 Å². The van der Waals surface area contributed by atoms with Gasteiger partial charge in [0.05, 0.1) is 32.4 Å². The van der Waals surface area contributed by atoms with E-state index in [1.807, 2.05) is 84.1 Å². The molecule has 0 fully saturated rings. The Balaban J connectivity index is 1.25. The molecule has 0 amide bonds. The average Bonchev–Trinajstić information content (AvgIpc) is 3.88. The maximum atomic E-state index is 6.82. The predicted octanol–water partition coefficient (Wildman–Crippen LogP) is 12.2. The third-order valence-corrected chi connectivity index (χ3v) is 11.1. The van der Waals surface area contributed by atoms with Gasteiger partial charge in [-0.3, -0.25) is 0 Å². The molecule has 7 aromatic carbocycles. The first kappa shape index (κ1) is 28.2. The van der Waals surface area contributed by atoms with Crippen LogP contribution in [-0.2, 0) is 0 Å². The lowest BCUT2D eigenvalue weighted by Gasteiger charge is -2.13. The van der Waals surface area contributed by atoms with Gasteiger partial charge in [0, 0.05) is 42.8 Å². The van der Waals surface area contributed by atoms with E-state index in [0.717, 1.165) is 49.8 Å². The largest absolute Gasteiger partial charge is 0.455 e. The van der Waals surface area contributed by atoms with Crippen LogP contribution in [0.1, 0.15) is 0 Å². The number of nitrogens with zero attached hydrogens (tertiary/aromatic N) is 4. The smallest absolute Gasteiger partial charge is 0.167 e. The maximum absolute atomic E-state index is 6.82. The van der Waals surface area contributed by atoms with Crippen molar-refractivity contribution in [3.8, 4) is 39.9 Å². The highest BCUT2D eigenvalue weighted by Crippen LogP contribution is 2.46. The van der Waals surface area contributed by atoms with Gasteiger partial charge >= 0.3 is 0 Å². The van der Waals surface area contributed by atoms with Crippen molar-refractivity contribution in [1.29, 1.82) is 0 Å². The summed E-state index contributed by atoms with van der Waals surface area (Å²) in [5.74, 6) is 1.79. The van der Waals surface area contributed by atoms with Crippen molar-refractivity contribution < 1.29 is 4.42 Å². The molecule has 0 aliphatic carbocycles.